The first-order chi connectivity index (χ1) is 10.8. The Labute approximate surface area is 156 Å². The van der Waals surface area contributed by atoms with Crippen molar-refractivity contribution in [2.45, 2.75) is 38.6 Å². The van der Waals surface area contributed by atoms with E-state index >= 15 is 0 Å². The molecule has 0 bridgehead atoms. The maximum atomic E-state index is 5.13. The van der Waals surface area contributed by atoms with Gasteiger partial charge in [0.1, 0.15) is 0 Å². The summed E-state index contributed by atoms with van der Waals surface area (Å²) in [6, 6.07) is 5.75. The van der Waals surface area contributed by atoms with Gasteiger partial charge in [-0.1, -0.05) is 17.7 Å². The van der Waals surface area contributed by atoms with E-state index in [9.17, 15) is 0 Å². The highest BCUT2D eigenvalue weighted by atomic mass is 127. The maximum Gasteiger partial charge on any atom is 0.213 e. The second-order valence-corrected chi connectivity index (χ2v) is 5.38. The summed E-state index contributed by atoms with van der Waals surface area (Å²) in [5.41, 5.74) is 2.50. The van der Waals surface area contributed by atoms with Crippen LogP contribution in [0.1, 0.15) is 37.8 Å². The Morgan fingerprint density at radius 3 is 2.87 bits per heavy atom. The molecule has 1 aliphatic carbocycles. The van der Waals surface area contributed by atoms with E-state index in [0.717, 1.165) is 24.6 Å². The monoisotopic (exact) mass is 430 g/mol. The average Bonchev–Trinajstić information content (AvgIpc) is 2.59. The Hall–Kier alpha value is -1.31. The van der Waals surface area contributed by atoms with Crippen molar-refractivity contribution in [2.24, 2.45) is 4.99 Å². The number of hydrogen-bond donors (Lipinski definition) is 2. The molecule has 0 amide bonds. The minimum Gasteiger partial charge on any atom is -0.481 e. The maximum absolute atomic E-state index is 5.13. The van der Waals surface area contributed by atoms with E-state index in [4.69, 9.17) is 4.74 Å². The molecule has 0 unspecified atom stereocenters. The molecule has 2 rings (SSSR count). The Balaban J connectivity index is 0.00000264. The van der Waals surface area contributed by atoms with Gasteiger partial charge in [-0.05, 0) is 38.2 Å². The molecule has 0 saturated heterocycles. The molecule has 0 atom stereocenters. The number of rotatable bonds is 6. The number of pyridine rings is 1. The van der Waals surface area contributed by atoms with Gasteiger partial charge in [0.2, 0.25) is 5.88 Å². The Bertz CT molecular complexity index is 531. The SMILES string of the molecule is CN=C(NCCC1=CCCCC1)NCc1cccc(OC)n1.I. The number of halogens is 1. The van der Waals surface area contributed by atoms with Crippen LogP contribution in [0.15, 0.2) is 34.8 Å². The van der Waals surface area contributed by atoms with Crippen LogP contribution >= 0.6 is 24.0 Å². The third-order valence-electron chi connectivity index (χ3n) is 3.77. The van der Waals surface area contributed by atoms with Crippen LogP contribution in [-0.4, -0.2) is 31.6 Å². The van der Waals surface area contributed by atoms with Crippen molar-refractivity contribution >= 4 is 29.9 Å². The highest BCUT2D eigenvalue weighted by Gasteiger charge is 2.04. The fraction of sp³-hybridized carbons (Fsp3) is 0.529. The van der Waals surface area contributed by atoms with Crippen LogP contribution in [-0.2, 0) is 6.54 Å². The molecule has 0 saturated carbocycles. The summed E-state index contributed by atoms with van der Waals surface area (Å²) in [6.45, 7) is 1.54. The number of nitrogens with one attached hydrogen (secondary N) is 2. The minimum atomic E-state index is 0. The average molecular weight is 430 g/mol. The number of aliphatic imine (C=N–C) groups is 1. The smallest absolute Gasteiger partial charge is 0.213 e. The van der Waals surface area contributed by atoms with Crippen molar-refractivity contribution in [3.05, 3.63) is 35.5 Å². The minimum absolute atomic E-state index is 0. The van der Waals surface area contributed by atoms with Gasteiger partial charge in [-0.15, -0.1) is 24.0 Å². The summed E-state index contributed by atoms with van der Waals surface area (Å²) in [5, 5.41) is 6.63. The van der Waals surface area contributed by atoms with Gasteiger partial charge in [0, 0.05) is 19.7 Å². The van der Waals surface area contributed by atoms with Crippen LogP contribution in [0.2, 0.25) is 0 Å². The molecule has 0 aliphatic heterocycles. The summed E-state index contributed by atoms with van der Waals surface area (Å²) < 4.78 is 5.13. The third kappa shape index (κ3) is 7.20. The van der Waals surface area contributed by atoms with Crippen LogP contribution < -0.4 is 15.4 Å². The van der Waals surface area contributed by atoms with Gasteiger partial charge in [-0.3, -0.25) is 4.99 Å². The Morgan fingerprint density at radius 2 is 2.17 bits per heavy atom. The molecule has 0 fully saturated rings. The summed E-state index contributed by atoms with van der Waals surface area (Å²) in [4.78, 5) is 8.62. The number of methoxy groups -OCH3 is 1. The summed E-state index contributed by atoms with van der Waals surface area (Å²) in [5.74, 6) is 1.44. The second-order valence-electron chi connectivity index (χ2n) is 5.38. The van der Waals surface area contributed by atoms with Crippen molar-refractivity contribution in [1.29, 1.82) is 0 Å². The first kappa shape index (κ1) is 19.7. The summed E-state index contributed by atoms with van der Waals surface area (Å²) in [6.07, 6.45) is 8.65. The molecular weight excluding hydrogens is 403 g/mol. The van der Waals surface area contributed by atoms with Crippen molar-refractivity contribution in [1.82, 2.24) is 15.6 Å². The van der Waals surface area contributed by atoms with Gasteiger partial charge >= 0.3 is 0 Å². The molecule has 1 aliphatic rings. The van der Waals surface area contributed by atoms with Gasteiger partial charge in [-0.2, -0.15) is 0 Å². The molecule has 5 nitrogen and oxygen atoms in total. The summed E-state index contributed by atoms with van der Waals surface area (Å²) in [7, 11) is 3.41. The van der Waals surface area contributed by atoms with Crippen molar-refractivity contribution in [3.63, 3.8) is 0 Å². The van der Waals surface area contributed by atoms with Crippen LogP contribution in [0.3, 0.4) is 0 Å². The normalized spacial score (nSPS) is 14.5. The number of allylic oxidation sites excluding steroid dienone is 1. The second kappa shape index (κ2) is 11.3. The van der Waals surface area contributed by atoms with E-state index in [1.165, 1.54) is 25.7 Å². The van der Waals surface area contributed by atoms with Gasteiger partial charge in [0.15, 0.2) is 5.96 Å². The van der Waals surface area contributed by atoms with Crippen molar-refractivity contribution in [2.75, 3.05) is 20.7 Å². The lowest BCUT2D eigenvalue weighted by Crippen LogP contribution is -2.37. The predicted octanol–water partition coefficient (Wildman–Crippen LogP) is 3.26. The van der Waals surface area contributed by atoms with Crippen LogP contribution in [0.25, 0.3) is 0 Å². The zero-order valence-electron chi connectivity index (χ0n) is 14.0. The van der Waals surface area contributed by atoms with Gasteiger partial charge in [-0.25, -0.2) is 4.98 Å². The quantitative estimate of drug-likeness (QED) is 0.315. The van der Waals surface area contributed by atoms with Crippen molar-refractivity contribution in [3.8, 4) is 5.88 Å². The van der Waals surface area contributed by atoms with Crippen LogP contribution in [0.4, 0.5) is 0 Å². The molecule has 23 heavy (non-hydrogen) atoms. The fourth-order valence-electron chi connectivity index (χ4n) is 2.54. The fourth-order valence-corrected chi connectivity index (χ4v) is 2.54. The zero-order valence-corrected chi connectivity index (χ0v) is 16.3. The number of ether oxygens (including phenoxy) is 1. The molecular formula is C17H27IN4O. The Kier molecular flexibility index (Phi) is 9.66. The van der Waals surface area contributed by atoms with Crippen molar-refractivity contribution < 1.29 is 4.74 Å². The van der Waals surface area contributed by atoms with E-state index in [2.05, 4.69) is 26.7 Å². The highest BCUT2D eigenvalue weighted by Crippen LogP contribution is 2.19. The number of hydrogen-bond acceptors (Lipinski definition) is 3. The van der Waals surface area contributed by atoms with E-state index in [1.54, 1.807) is 19.7 Å². The van der Waals surface area contributed by atoms with E-state index in [1.807, 2.05) is 18.2 Å². The molecule has 6 heteroatoms. The summed E-state index contributed by atoms with van der Waals surface area (Å²) >= 11 is 0. The molecule has 128 valence electrons. The molecule has 1 aromatic heterocycles. The topological polar surface area (TPSA) is 58.5 Å². The third-order valence-corrected chi connectivity index (χ3v) is 3.77. The van der Waals surface area contributed by atoms with E-state index in [-0.39, 0.29) is 24.0 Å². The molecule has 0 aromatic carbocycles. The van der Waals surface area contributed by atoms with Crippen LogP contribution in [0, 0.1) is 0 Å². The largest absolute Gasteiger partial charge is 0.481 e. The lowest BCUT2D eigenvalue weighted by atomic mass is 9.97. The van der Waals surface area contributed by atoms with Gasteiger partial charge in [0.25, 0.3) is 0 Å². The number of nitrogens with zero attached hydrogens (tertiary/aromatic N) is 2. The van der Waals surface area contributed by atoms with E-state index in [0.29, 0.717) is 12.4 Å². The Morgan fingerprint density at radius 1 is 1.30 bits per heavy atom. The molecule has 0 radical (unpaired) electrons. The standard InChI is InChI=1S/C17H26N4O.HI/c1-18-17(19-12-11-14-7-4-3-5-8-14)20-13-15-9-6-10-16(21-15)22-2;/h6-7,9-10H,3-5,8,11-13H2,1-2H3,(H2,18,19,20);1H. The first-order valence-corrected chi connectivity index (χ1v) is 7.94. The number of aromatic nitrogens is 1. The zero-order chi connectivity index (χ0) is 15.6. The lowest BCUT2D eigenvalue weighted by molar-refractivity contribution is 0.396. The molecule has 2 N–H and O–H groups in total. The first-order valence-electron chi connectivity index (χ1n) is 7.94. The molecule has 1 heterocycles. The molecule has 1 aromatic rings. The molecule has 0 spiro atoms. The number of guanidine groups is 1. The van der Waals surface area contributed by atoms with Gasteiger partial charge in [0.05, 0.1) is 19.3 Å². The van der Waals surface area contributed by atoms with Gasteiger partial charge < -0.3 is 15.4 Å². The highest BCUT2D eigenvalue weighted by molar-refractivity contribution is 14.0. The van der Waals surface area contributed by atoms with Crippen LogP contribution in [0.5, 0.6) is 5.88 Å². The van der Waals surface area contributed by atoms with E-state index < -0.39 is 0 Å². The predicted molar refractivity (Wildman–Crippen MR) is 106 cm³/mol. The lowest BCUT2D eigenvalue weighted by Gasteiger charge is -2.15.